The molecule has 0 aromatic carbocycles. The van der Waals surface area contributed by atoms with E-state index in [9.17, 15) is 0 Å². The summed E-state index contributed by atoms with van der Waals surface area (Å²) in [5.74, 6) is 1.44. The minimum atomic E-state index is 0.612. The third-order valence-electron chi connectivity index (χ3n) is 1.23. The molecule has 2 nitrogen and oxygen atoms in total. The molecule has 0 bridgehead atoms. The summed E-state index contributed by atoms with van der Waals surface area (Å²) in [7, 11) is 0. The summed E-state index contributed by atoms with van der Waals surface area (Å²) in [6, 6.07) is 3.75. The van der Waals surface area contributed by atoms with E-state index in [1.54, 1.807) is 12.5 Å². The second-order valence-corrected chi connectivity index (χ2v) is 2.90. The van der Waals surface area contributed by atoms with Crippen LogP contribution in [0.5, 0.6) is 0 Å². The Morgan fingerprint density at radius 3 is 3.00 bits per heavy atom. The van der Waals surface area contributed by atoms with Gasteiger partial charge in [0, 0.05) is 6.54 Å². The molecule has 0 fully saturated rings. The number of rotatable bonds is 3. The number of aliphatic imine (C=N–C) groups is 1. The van der Waals surface area contributed by atoms with Crippen LogP contribution in [0.2, 0.25) is 0 Å². The van der Waals surface area contributed by atoms with Crippen molar-refractivity contribution in [3.8, 4) is 0 Å². The number of hydrogen-bond acceptors (Lipinski definition) is 2. The van der Waals surface area contributed by atoms with Gasteiger partial charge in [0.1, 0.15) is 5.76 Å². The molecule has 11 heavy (non-hydrogen) atoms. The van der Waals surface area contributed by atoms with E-state index in [2.05, 4.69) is 18.8 Å². The van der Waals surface area contributed by atoms with E-state index in [4.69, 9.17) is 4.42 Å². The molecule has 2 heteroatoms. The minimum Gasteiger partial charge on any atom is -0.463 e. The maximum atomic E-state index is 5.07. The van der Waals surface area contributed by atoms with Crippen molar-refractivity contribution in [2.75, 3.05) is 6.54 Å². The Morgan fingerprint density at radius 1 is 1.64 bits per heavy atom. The molecule has 0 aliphatic rings. The monoisotopic (exact) mass is 151 g/mol. The summed E-state index contributed by atoms with van der Waals surface area (Å²) >= 11 is 0. The van der Waals surface area contributed by atoms with Crippen LogP contribution < -0.4 is 0 Å². The predicted octanol–water partition coefficient (Wildman–Crippen LogP) is 2.35. The fourth-order valence-corrected chi connectivity index (χ4v) is 0.718. The summed E-state index contributed by atoms with van der Waals surface area (Å²) in [5.41, 5.74) is 0. The first-order valence-corrected chi connectivity index (χ1v) is 3.82. The lowest BCUT2D eigenvalue weighted by Gasteiger charge is -1.94. The van der Waals surface area contributed by atoms with Crippen molar-refractivity contribution >= 4 is 6.21 Å². The largest absolute Gasteiger partial charge is 0.463 e. The lowest BCUT2D eigenvalue weighted by atomic mass is 10.2. The molecular formula is C9H13NO. The Morgan fingerprint density at radius 2 is 2.45 bits per heavy atom. The average Bonchev–Trinajstić information content (AvgIpc) is 2.39. The van der Waals surface area contributed by atoms with E-state index < -0.39 is 0 Å². The Bertz CT molecular complexity index is 211. The topological polar surface area (TPSA) is 25.5 Å². The first kappa shape index (κ1) is 8.05. The summed E-state index contributed by atoms with van der Waals surface area (Å²) in [6.45, 7) is 5.14. The molecule has 0 unspecified atom stereocenters. The molecule has 0 N–H and O–H groups in total. The van der Waals surface area contributed by atoms with Gasteiger partial charge in [-0.25, -0.2) is 0 Å². The van der Waals surface area contributed by atoms with E-state index in [0.29, 0.717) is 5.92 Å². The molecule has 0 amide bonds. The number of hydrogen-bond donors (Lipinski definition) is 0. The Labute approximate surface area is 66.9 Å². The quantitative estimate of drug-likeness (QED) is 0.609. The molecule has 1 aromatic rings. The van der Waals surface area contributed by atoms with Gasteiger partial charge in [0.2, 0.25) is 0 Å². The van der Waals surface area contributed by atoms with Crippen LogP contribution in [0.25, 0.3) is 0 Å². The van der Waals surface area contributed by atoms with Crippen LogP contribution in [-0.2, 0) is 0 Å². The van der Waals surface area contributed by atoms with E-state index in [1.165, 1.54) is 0 Å². The highest BCUT2D eigenvalue weighted by atomic mass is 16.3. The van der Waals surface area contributed by atoms with Crippen molar-refractivity contribution in [3.63, 3.8) is 0 Å². The highest BCUT2D eigenvalue weighted by molar-refractivity contribution is 5.75. The van der Waals surface area contributed by atoms with Crippen LogP contribution in [0.4, 0.5) is 0 Å². The Balaban J connectivity index is 2.37. The van der Waals surface area contributed by atoms with Crippen LogP contribution in [0, 0.1) is 5.92 Å². The van der Waals surface area contributed by atoms with Crippen molar-refractivity contribution in [1.29, 1.82) is 0 Å². The van der Waals surface area contributed by atoms with Crippen LogP contribution in [0.3, 0.4) is 0 Å². The van der Waals surface area contributed by atoms with Gasteiger partial charge < -0.3 is 4.42 Å². The van der Waals surface area contributed by atoms with Crippen LogP contribution in [0.15, 0.2) is 27.8 Å². The molecule has 60 valence electrons. The summed E-state index contributed by atoms with van der Waals surface area (Å²) in [4.78, 5) is 4.19. The molecule has 1 rings (SSSR count). The molecule has 0 aliphatic heterocycles. The van der Waals surface area contributed by atoms with Crippen molar-refractivity contribution < 1.29 is 4.42 Å². The van der Waals surface area contributed by atoms with Crippen molar-refractivity contribution in [1.82, 2.24) is 0 Å². The molecule has 1 aromatic heterocycles. The zero-order chi connectivity index (χ0) is 8.10. The van der Waals surface area contributed by atoms with Crippen LogP contribution >= 0.6 is 0 Å². The van der Waals surface area contributed by atoms with E-state index in [-0.39, 0.29) is 0 Å². The maximum Gasteiger partial charge on any atom is 0.144 e. The molecule has 0 radical (unpaired) electrons. The van der Waals surface area contributed by atoms with Crippen LogP contribution in [-0.4, -0.2) is 12.8 Å². The molecule has 0 saturated carbocycles. The first-order chi connectivity index (χ1) is 5.29. The molecule has 0 aliphatic carbocycles. The van der Waals surface area contributed by atoms with Gasteiger partial charge in [-0.2, -0.15) is 0 Å². The number of furan rings is 1. The van der Waals surface area contributed by atoms with Gasteiger partial charge >= 0.3 is 0 Å². The van der Waals surface area contributed by atoms with E-state index in [0.717, 1.165) is 12.3 Å². The van der Waals surface area contributed by atoms with Gasteiger partial charge in [0.15, 0.2) is 0 Å². The molecule has 0 saturated heterocycles. The van der Waals surface area contributed by atoms with Gasteiger partial charge in [-0.1, -0.05) is 13.8 Å². The molecule has 0 spiro atoms. The SMILES string of the molecule is CC(C)CN=Cc1ccco1. The van der Waals surface area contributed by atoms with Crippen LogP contribution in [0.1, 0.15) is 19.6 Å². The van der Waals surface area contributed by atoms with Gasteiger partial charge in [-0.05, 0) is 18.1 Å². The third-order valence-corrected chi connectivity index (χ3v) is 1.23. The van der Waals surface area contributed by atoms with Crippen molar-refractivity contribution in [3.05, 3.63) is 24.2 Å². The zero-order valence-electron chi connectivity index (χ0n) is 6.95. The summed E-state index contributed by atoms with van der Waals surface area (Å²) in [6.07, 6.45) is 3.41. The molecule has 1 heterocycles. The third kappa shape index (κ3) is 3.03. The Kier molecular flexibility index (Phi) is 2.90. The predicted molar refractivity (Wildman–Crippen MR) is 46.0 cm³/mol. The average molecular weight is 151 g/mol. The Hall–Kier alpha value is -1.05. The lowest BCUT2D eigenvalue weighted by molar-refractivity contribution is 0.559. The summed E-state index contributed by atoms with van der Waals surface area (Å²) in [5, 5.41) is 0. The fourth-order valence-electron chi connectivity index (χ4n) is 0.718. The smallest absolute Gasteiger partial charge is 0.144 e. The van der Waals surface area contributed by atoms with Crippen molar-refractivity contribution in [2.45, 2.75) is 13.8 Å². The highest BCUT2D eigenvalue weighted by Gasteiger charge is 1.90. The standard InChI is InChI=1S/C9H13NO/c1-8(2)6-10-7-9-4-3-5-11-9/h3-5,7-8H,6H2,1-2H3. The zero-order valence-corrected chi connectivity index (χ0v) is 6.95. The second kappa shape index (κ2) is 3.96. The minimum absolute atomic E-state index is 0.612. The molecular weight excluding hydrogens is 138 g/mol. The van der Waals surface area contributed by atoms with Crippen molar-refractivity contribution in [2.24, 2.45) is 10.9 Å². The second-order valence-electron chi connectivity index (χ2n) is 2.90. The normalized spacial score (nSPS) is 11.5. The van der Waals surface area contributed by atoms with Gasteiger partial charge in [0.25, 0.3) is 0 Å². The van der Waals surface area contributed by atoms with Gasteiger partial charge in [-0.3, -0.25) is 4.99 Å². The maximum absolute atomic E-state index is 5.07. The first-order valence-electron chi connectivity index (χ1n) is 3.82. The summed E-state index contributed by atoms with van der Waals surface area (Å²) < 4.78 is 5.07. The molecule has 0 atom stereocenters. The number of nitrogens with zero attached hydrogens (tertiary/aromatic N) is 1. The van der Waals surface area contributed by atoms with E-state index >= 15 is 0 Å². The van der Waals surface area contributed by atoms with E-state index in [1.807, 2.05) is 12.1 Å². The highest BCUT2D eigenvalue weighted by Crippen LogP contribution is 1.96. The van der Waals surface area contributed by atoms with Gasteiger partial charge in [-0.15, -0.1) is 0 Å². The van der Waals surface area contributed by atoms with Gasteiger partial charge in [0.05, 0.1) is 12.5 Å². The fraction of sp³-hybridized carbons (Fsp3) is 0.444. The lowest BCUT2D eigenvalue weighted by Crippen LogP contribution is -1.91.